The van der Waals surface area contributed by atoms with Crippen LogP contribution in [-0.2, 0) is 15.9 Å². The van der Waals surface area contributed by atoms with E-state index in [9.17, 15) is 9.59 Å². The molecule has 0 aromatic heterocycles. The Hall–Kier alpha value is -3.02. The molecule has 204 valence electrons. The van der Waals surface area contributed by atoms with Gasteiger partial charge < -0.3 is 9.47 Å². The summed E-state index contributed by atoms with van der Waals surface area (Å²) in [5.74, 6) is 0. The van der Waals surface area contributed by atoms with Gasteiger partial charge in [-0.15, -0.1) is 0 Å². The maximum Gasteiger partial charge on any atom is 0.411 e. The molecule has 2 rings (SSSR count). The fourth-order valence-electron chi connectivity index (χ4n) is 4.05. The number of ether oxygens (including phenoxy) is 2. The first-order valence-electron chi connectivity index (χ1n) is 14.2. The summed E-state index contributed by atoms with van der Waals surface area (Å²) in [4.78, 5) is 24.0. The van der Waals surface area contributed by atoms with Gasteiger partial charge in [0.25, 0.3) is 0 Å². The molecule has 0 atom stereocenters. The SMILES string of the molecule is CCCCCCCCOC(=O)Nc1ccc(Cc2ccc(NC(=O)OCCCCCCCC)cc2)cc1. The third kappa shape index (κ3) is 14.3. The third-order valence-electron chi connectivity index (χ3n) is 6.27. The predicted octanol–water partition coefficient (Wildman–Crippen LogP) is 9.10. The van der Waals surface area contributed by atoms with Crippen molar-refractivity contribution in [3.8, 4) is 0 Å². The average Bonchev–Trinajstić information content (AvgIpc) is 2.90. The summed E-state index contributed by atoms with van der Waals surface area (Å²) in [6.45, 7) is 5.32. The molecule has 0 bridgehead atoms. The van der Waals surface area contributed by atoms with Crippen molar-refractivity contribution in [1.82, 2.24) is 0 Å². The Kier molecular flexibility index (Phi) is 15.6. The van der Waals surface area contributed by atoms with E-state index in [0.29, 0.717) is 13.2 Å². The molecule has 0 radical (unpaired) electrons. The molecule has 2 aromatic rings. The number of anilines is 2. The third-order valence-corrected chi connectivity index (χ3v) is 6.27. The van der Waals surface area contributed by atoms with Gasteiger partial charge in [0, 0.05) is 11.4 Å². The zero-order chi connectivity index (χ0) is 26.6. The summed E-state index contributed by atoms with van der Waals surface area (Å²) in [5, 5.41) is 5.57. The first-order chi connectivity index (χ1) is 18.1. The molecule has 6 heteroatoms. The summed E-state index contributed by atoms with van der Waals surface area (Å²) in [6, 6.07) is 15.5. The van der Waals surface area contributed by atoms with Crippen LogP contribution >= 0.6 is 0 Å². The van der Waals surface area contributed by atoms with E-state index in [1.54, 1.807) is 0 Å². The Morgan fingerprint density at radius 2 is 0.892 bits per heavy atom. The van der Waals surface area contributed by atoms with Crippen molar-refractivity contribution in [3.63, 3.8) is 0 Å². The van der Waals surface area contributed by atoms with Gasteiger partial charge in [-0.3, -0.25) is 10.6 Å². The molecule has 0 saturated heterocycles. The second-order valence-corrected chi connectivity index (χ2v) is 9.63. The van der Waals surface area contributed by atoms with Gasteiger partial charge in [0.05, 0.1) is 13.2 Å². The van der Waals surface area contributed by atoms with Crippen LogP contribution in [0.4, 0.5) is 21.0 Å². The maximum atomic E-state index is 12.0. The van der Waals surface area contributed by atoms with Gasteiger partial charge in [0.15, 0.2) is 0 Å². The fraction of sp³-hybridized carbons (Fsp3) is 0.548. The van der Waals surface area contributed by atoms with E-state index >= 15 is 0 Å². The molecule has 6 nitrogen and oxygen atoms in total. The smallest absolute Gasteiger partial charge is 0.411 e. The van der Waals surface area contributed by atoms with Crippen LogP contribution < -0.4 is 10.6 Å². The number of hydrogen-bond donors (Lipinski definition) is 2. The van der Waals surface area contributed by atoms with Crippen LogP contribution in [0.1, 0.15) is 102 Å². The molecule has 0 spiro atoms. The monoisotopic (exact) mass is 510 g/mol. The molecule has 0 saturated carbocycles. The van der Waals surface area contributed by atoms with Crippen molar-refractivity contribution in [2.45, 2.75) is 97.3 Å². The minimum Gasteiger partial charge on any atom is -0.449 e. The van der Waals surface area contributed by atoms with Crippen molar-refractivity contribution in [2.24, 2.45) is 0 Å². The maximum absolute atomic E-state index is 12.0. The van der Waals surface area contributed by atoms with E-state index < -0.39 is 12.2 Å². The van der Waals surface area contributed by atoms with E-state index in [1.165, 1.54) is 51.4 Å². The van der Waals surface area contributed by atoms with Crippen molar-refractivity contribution >= 4 is 23.6 Å². The van der Waals surface area contributed by atoms with E-state index in [0.717, 1.165) is 54.6 Å². The van der Waals surface area contributed by atoms with Crippen LogP contribution in [-0.4, -0.2) is 25.4 Å². The first kappa shape index (κ1) is 30.2. The molecule has 0 aliphatic heterocycles. The molecule has 0 fully saturated rings. The van der Waals surface area contributed by atoms with Gasteiger partial charge in [-0.1, -0.05) is 102 Å². The Morgan fingerprint density at radius 3 is 1.27 bits per heavy atom. The lowest BCUT2D eigenvalue weighted by Gasteiger charge is -2.09. The van der Waals surface area contributed by atoms with Crippen LogP contribution in [0.15, 0.2) is 48.5 Å². The van der Waals surface area contributed by atoms with Crippen LogP contribution in [0.2, 0.25) is 0 Å². The molecule has 37 heavy (non-hydrogen) atoms. The molecular weight excluding hydrogens is 464 g/mol. The van der Waals surface area contributed by atoms with Gasteiger partial charge in [-0.2, -0.15) is 0 Å². The van der Waals surface area contributed by atoms with Gasteiger partial charge >= 0.3 is 12.2 Å². The van der Waals surface area contributed by atoms with Crippen LogP contribution in [0.5, 0.6) is 0 Å². The lowest BCUT2D eigenvalue weighted by Crippen LogP contribution is -2.14. The second-order valence-electron chi connectivity index (χ2n) is 9.63. The Morgan fingerprint density at radius 1 is 0.541 bits per heavy atom. The summed E-state index contributed by atoms with van der Waals surface area (Å²) in [7, 11) is 0. The summed E-state index contributed by atoms with van der Waals surface area (Å²) in [5.41, 5.74) is 3.70. The van der Waals surface area contributed by atoms with Crippen LogP contribution in [0.3, 0.4) is 0 Å². The normalized spacial score (nSPS) is 10.6. The Labute approximate surface area is 223 Å². The highest BCUT2D eigenvalue weighted by molar-refractivity contribution is 5.85. The Bertz CT molecular complexity index is 808. The molecule has 0 aliphatic carbocycles. The molecule has 0 aliphatic rings. The molecule has 2 aromatic carbocycles. The lowest BCUT2D eigenvalue weighted by molar-refractivity contribution is 0.158. The molecule has 0 unspecified atom stereocenters. The number of amides is 2. The topological polar surface area (TPSA) is 76.7 Å². The highest BCUT2D eigenvalue weighted by Gasteiger charge is 2.06. The molecule has 0 heterocycles. The van der Waals surface area contributed by atoms with Crippen molar-refractivity contribution in [3.05, 3.63) is 59.7 Å². The van der Waals surface area contributed by atoms with Crippen LogP contribution in [0.25, 0.3) is 0 Å². The number of carbonyl (C=O) groups excluding carboxylic acids is 2. The minimum absolute atomic E-state index is 0.408. The quantitative estimate of drug-likeness (QED) is 0.196. The molecule has 2 N–H and O–H groups in total. The fourth-order valence-corrected chi connectivity index (χ4v) is 4.05. The summed E-state index contributed by atoms with van der Waals surface area (Å²) >= 11 is 0. The lowest BCUT2D eigenvalue weighted by atomic mass is 10.0. The van der Waals surface area contributed by atoms with E-state index in [2.05, 4.69) is 24.5 Å². The van der Waals surface area contributed by atoms with E-state index in [1.807, 2.05) is 48.5 Å². The Balaban J connectivity index is 1.64. The van der Waals surface area contributed by atoms with Crippen LogP contribution in [0, 0.1) is 0 Å². The molecular formula is C31H46N2O4. The predicted molar refractivity (Wildman–Crippen MR) is 152 cm³/mol. The number of carbonyl (C=O) groups is 2. The summed E-state index contributed by atoms with van der Waals surface area (Å²) < 4.78 is 10.5. The van der Waals surface area contributed by atoms with E-state index in [-0.39, 0.29) is 0 Å². The number of benzene rings is 2. The largest absolute Gasteiger partial charge is 0.449 e. The minimum atomic E-state index is -0.408. The van der Waals surface area contributed by atoms with Gasteiger partial charge in [0.1, 0.15) is 0 Å². The number of unbranched alkanes of at least 4 members (excludes halogenated alkanes) is 10. The number of nitrogens with one attached hydrogen (secondary N) is 2. The highest BCUT2D eigenvalue weighted by atomic mass is 16.6. The van der Waals surface area contributed by atoms with Gasteiger partial charge in [0.2, 0.25) is 0 Å². The van der Waals surface area contributed by atoms with Crippen molar-refractivity contribution < 1.29 is 19.1 Å². The second kappa shape index (κ2) is 19.1. The van der Waals surface area contributed by atoms with Gasteiger partial charge in [-0.05, 0) is 54.7 Å². The standard InChI is InChI=1S/C31H46N2O4/c1-3-5-7-9-11-13-23-36-30(34)32-28-19-15-26(16-20-28)25-27-17-21-29(22-18-27)33-31(35)37-24-14-12-10-8-6-4-2/h15-22H,3-14,23-25H2,1-2H3,(H,32,34)(H,33,35). The first-order valence-corrected chi connectivity index (χ1v) is 14.2. The zero-order valence-electron chi connectivity index (χ0n) is 22.9. The van der Waals surface area contributed by atoms with Crippen molar-refractivity contribution in [1.29, 1.82) is 0 Å². The zero-order valence-corrected chi connectivity index (χ0v) is 22.9. The van der Waals surface area contributed by atoms with Gasteiger partial charge in [-0.25, -0.2) is 9.59 Å². The molecule has 2 amide bonds. The number of hydrogen-bond acceptors (Lipinski definition) is 4. The average molecular weight is 511 g/mol. The van der Waals surface area contributed by atoms with Crippen molar-refractivity contribution in [2.75, 3.05) is 23.8 Å². The summed E-state index contributed by atoms with van der Waals surface area (Å²) in [6.07, 6.45) is 13.9. The highest BCUT2D eigenvalue weighted by Crippen LogP contribution is 2.17. The van der Waals surface area contributed by atoms with E-state index in [4.69, 9.17) is 9.47 Å². The number of rotatable bonds is 18.